The summed E-state index contributed by atoms with van der Waals surface area (Å²) in [6.45, 7) is 1.79. The Morgan fingerprint density at radius 2 is 2.23 bits per heavy atom. The van der Waals surface area contributed by atoms with Crippen LogP contribution in [0.3, 0.4) is 0 Å². The van der Waals surface area contributed by atoms with Crippen LogP contribution in [0.1, 0.15) is 6.92 Å². The van der Waals surface area contributed by atoms with Crippen molar-refractivity contribution >= 4 is 19.6 Å². The molecule has 0 saturated carbocycles. The van der Waals surface area contributed by atoms with E-state index >= 15 is 0 Å². The van der Waals surface area contributed by atoms with Gasteiger partial charge in [0.25, 0.3) is 0 Å². The molecule has 0 spiro atoms. The number of carbonyl (C=O) groups is 2. The van der Waals surface area contributed by atoms with Crippen LogP contribution >= 0.6 is 7.82 Å². The quantitative estimate of drug-likeness (QED) is 0.136. The summed E-state index contributed by atoms with van der Waals surface area (Å²) in [5, 5.41) is 14.8. The molecule has 2 atom stereocenters. The number of phosphoric ester groups is 1. The van der Waals surface area contributed by atoms with Gasteiger partial charge >= 0.3 is 13.8 Å². The topological polar surface area (TPSA) is 180 Å². The van der Waals surface area contributed by atoms with Crippen LogP contribution in [0.15, 0.2) is 23.5 Å². The molecule has 1 rings (SSSR count). The van der Waals surface area contributed by atoms with Gasteiger partial charge < -0.3 is 30.7 Å². The zero-order chi connectivity index (χ0) is 19.7. The summed E-state index contributed by atoms with van der Waals surface area (Å²) in [5.74, 6) is -1.48. The maximum atomic E-state index is 12.3. The van der Waals surface area contributed by atoms with Crippen molar-refractivity contribution < 1.29 is 38.3 Å². The van der Waals surface area contributed by atoms with E-state index in [4.69, 9.17) is 20.3 Å². The predicted octanol–water partition coefficient (Wildman–Crippen LogP) is -1.52. The molecule has 148 valence electrons. The molecule has 7 N–H and O–H groups in total. The molecule has 1 aliphatic heterocycles. The van der Waals surface area contributed by atoms with Crippen LogP contribution < -0.4 is 16.4 Å². The molecule has 11 nitrogen and oxygen atoms in total. The highest BCUT2D eigenvalue weighted by Gasteiger charge is 2.28. The number of carboxylic acid groups (broad SMARTS) is 1. The first-order valence-corrected chi connectivity index (χ1v) is 9.32. The smallest absolute Gasteiger partial charge is 0.469 e. The first-order valence-electron chi connectivity index (χ1n) is 7.78. The van der Waals surface area contributed by atoms with Crippen LogP contribution in [0.2, 0.25) is 0 Å². The molecule has 26 heavy (non-hydrogen) atoms. The number of nitrogens with two attached hydrogens (primary N) is 1. The van der Waals surface area contributed by atoms with Gasteiger partial charge in [0.2, 0.25) is 0 Å². The summed E-state index contributed by atoms with van der Waals surface area (Å²) in [6.07, 6.45) is 2.47. The van der Waals surface area contributed by atoms with Crippen molar-refractivity contribution in [3.05, 3.63) is 23.5 Å². The molecule has 0 fully saturated rings. The summed E-state index contributed by atoms with van der Waals surface area (Å²) in [7, 11) is -4.69. The van der Waals surface area contributed by atoms with Crippen LogP contribution in [-0.4, -0.2) is 71.6 Å². The average Bonchev–Trinajstić information content (AvgIpc) is 2.55. The summed E-state index contributed by atoms with van der Waals surface area (Å²) >= 11 is 0. The summed E-state index contributed by atoms with van der Waals surface area (Å²) in [6, 6.07) is -1.63. The van der Waals surface area contributed by atoms with E-state index in [0.29, 0.717) is 5.57 Å². The largest absolute Gasteiger partial charge is 0.500 e. The van der Waals surface area contributed by atoms with Crippen LogP contribution in [0.25, 0.3) is 0 Å². The number of aliphatic carboxylic acids is 1. The molecular formula is C14H24N3O8P. The molecule has 1 heterocycles. The monoisotopic (exact) mass is 393 g/mol. The normalized spacial score (nSPS) is 19.8. The highest BCUT2D eigenvalue weighted by molar-refractivity contribution is 7.46. The molecule has 2 unspecified atom stereocenters. The lowest BCUT2D eigenvalue weighted by molar-refractivity contribution is -0.138. The van der Waals surface area contributed by atoms with Gasteiger partial charge in [0.1, 0.15) is 6.04 Å². The van der Waals surface area contributed by atoms with Crippen LogP contribution in [-0.2, 0) is 23.4 Å². The molecule has 0 aliphatic carbocycles. The number of Topliss-reactive ketones (excluding diaryl/α,β-unsaturated/α-hetero) is 1. The van der Waals surface area contributed by atoms with E-state index in [0.717, 1.165) is 0 Å². The van der Waals surface area contributed by atoms with Gasteiger partial charge in [-0.1, -0.05) is 0 Å². The Bertz CT molecular complexity index is 615. The molecule has 1 aliphatic rings. The Morgan fingerprint density at radius 1 is 1.54 bits per heavy atom. The number of hydrogen-bond acceptors (Lipinski definition) is 8. The standard InChI is InChI=1S/C14H24N3O8P/c1-9-13(18)11(10(6-16-9)8-25-26(21,22)23)7-17-12(14(19)20)2-4-24-5-3-15/h2,4,9,12,16-17H,3,5-8,15H2,1H3,(H,19,20)(H2,21,22,23). The van der Waals surface area contributed by atoms with Gasteiger partial charge in [-0.3, -0.25) is 19.4 Å². The first-order chi connectivity index (χ1) is 12.2. The lowest BCUT2D eigenvalue weighted by Gasteiger charge is -2.26. The maximum absolute atomic E-state index is 12.3. The van der Waals surface area contributed by atoms with E-state index < -0.39 is 32.5 Å². The van der Waals surface area contributed by atoms with Crippen LogP contribution in [0, 0.1) is 0 Å². The Labute approximate surface area is 150 Å². The zero-order valence-electron chi connectivity index (χ0n) is 14.3. The van der Waals surface area contributed by atoms with Gasteiger partial charge in [-0.2, -0.15) is 0 Å². The highest BCUT2D eigenvalue weighted by atomic mass is 31.2. The lowest BCUT2D eigenvalue weighted by Crippen LogP contribution is -2.46. The molecule has 0 radical (unpaired) electrons. The van der Waals surface area contributed by atoms with Crippen LogP contribution in [0.5, 0.6) is 0 Å². The first kappa shape index (κ1) is 22.5. The average molecular weight is 393 g/mol. The van der Waals surface area contributed by atoms with Gasteiger partial charge in [-0.15, -0.1) is 0 Å². The minimum Gasteiger partial charge on any atom is -0.500 e. The van der Waals surface area contributed by atoms with Gasteiger partial charge in [0, 0.05) is 25.2 Å². The van der Waals surface area contributed by atoms with Gasteiger partial charge in [-0.05, 0) is 18.6 Å². The molecular weight excluding hydrogens is 369 g/mol. The molecule has 0 saturated heterocycles. The van der Waals surface area contributed by atoms with Crippen LogP contribution in [0.4, 0.5) is 0 Å². The molecule has 0 aromatic heterocycles. The van der Waals surface area contributed by atoms with Crippen molar-refractivity contribution in [3.63, 3.8) is 0 Å². The Balaban J connectivity index is 2.85. The van der Waals surface area contributed by atoms with Crippen molar-refractivity contribution in [3.8, 4) is 0 Å². The molecule has 0 bridgehead atoms. The highest BCUT2D eigenvalue weighted by Crippen LogP contribution is 2.36. The Hall–Kier alpha value is -1.59. The molecule has 0 amide bonds. The molecule has 12 heteroatoms. The second-order valence-electron chi connectivity index (χ2n) is 5.50. The van der Waals surface area contributed by atoms with Crippen molar-refractivity contribution in [1.82, 2.24) is 10.6 Å². The Kier molecular flexibility index (Phi) is 9.09. The van der Waals surface area contributed by atoms with Gasteiger partial charge in [0.05, 0.1) is 25.5 Å². The third kappa shape index (κ3) is 7.75. The predicted molar refractivity (Wildman–Crippen MR) is 91.1 cm³/mol. The fraction of sp³-hybridized carbons (Fsp3) is 0.571. The molecule has 0 aromatic rings. The fourth-order valence-electron chi connectivity index (χ4n) is 2.14. The maximum Gasteiger partial charge on any atom is 0.469 e. The number of ketones is 1. The van der Waals surface area contributed by atoms with E-state index in [1.807, 2.05) is 0 Å². The fourth-order valence-corrected chi connectivity index (χ4v) is 2.47. The van der Waals surface area contributed by atoms with Crippen molar-refractivity contribution in [1.29, 1.82) is 0 Å². The van der Waals surface area contributed by atoms with Crippen molar-refractivity contribution in [2.75, 3.05) is 32.8 Å². The number of carboxylic acids is 1. The number of phosphoric acid groups is 1. The number of nitrogens with one attached hydrogen (secondary N) is 2. The van der Waals surface area contributed by atoms with E-state index in [-0.39, 0.29) is 37.6 Å². The third-order valence-electron chi connectivity index (χ3n) is 3.51. The lowest BCUT2D eigenvalue weighted by atomic mass is 9.95. The minimum atomic E-state index is -4.69. The van der Waals surface area contributed by atoms with Crippen molar-refractivity contribution in [2.45, 2.75) is 19.0 Å². The summed E-state index contributed by atoms with van der Waals surface area (Å²) < 4.78 is 20.3. The second-order valence-corrected chi connectivity index (χ2v) is 6.74. The number of rotatable bonds is 11. The minimum absolute atomic E-state index is 0.108. The second kappa shape index (κ2) is 10.5. The summed E-state index contributed by atoms with van der Waals surface area (Å²) in [4.78, 5) is 41.3. The van der Waals surface area contributed by atoms with E-state index in [1.165, 1.54) is 12.3 Å². The third-order valence-corrected chi connectivity index (χ3v) is 3.98. The summed E-state index contributed by atoms with van der Waals surface area (Å²) in [5.41, 5.74) is 5.83. The number of carbonyl (C=O) groups excluding carboxylic acids is 1. The number of ether oxygens (including phenoxy) is 1. The van der Waals surface area contributed by atoms with E-state index in [1.54, 1.807) is 6.92 Å². The van der Waals surface area contributed by atoms with E-state index in [9.17, 15) is 19.3 Å². The van der Waals surface area contributed by atoms with Gasteiger partial charge in [-0.25, -0.2) is 4.57 Å². The zero-order valence-corrected chi connectivity index (χ0v) is 15.1. The SMILES string of the molecule is CC1NCC(COP(=O)(O)O)=C(CNC(C=COCCN)C(=O)O)C1=O. The van der Waals surface area contributed by atoms with Crippen molar-refractivity contribution in [2.24, 2.45) is 5.73 Å². The van der Waals surface area contributed by atoms with Gasteiger partial charge in [0.15, 0.2) is 5.78 Å². The number of hydrogen-bond donors (Lipinski definition) is 6. The molecule has 0 aromatic carbocycles. The Morgan fingerprint density at radius 3 is 2.81 bits per heavy atom. The van der Waals surface area contributed by atoms with E-state index in [2.05, 4.69) is 15.2 Å².